The average Bonchev–Trinajstić information content (AvgIpc) is 2.33. The monoisotopic (exact) mass is 323 g/mol. The fraction of sp³-hybridized carbons (Fsp3) is 0.417. The summed E-state index contributed by atoms with van der Waals surface area (Å²) >= 11 is 3.23. The molecule has 1 unspecified atom stereocenters. The molecule has 0 radical (unpaired) electrons. The zero-order valence-electron chi connectivity index (χ0n) is 9.51. The van der Waals surface area contributed by atoms with Gasteiger partial charge in [0.1, 0.15) is 0 Å². The number of carbonyl (C=O) groups excluding carboxylic acids is 1. The third-order valence-corrected chi connectivity index (χ3v) is 2.97. The Kier molecular flexibility index (Phi) is 5.65. The van der Waals surface area contributed by atoms with E-state index < -0.39 is 24.9 Å². The summed E-state index contributed by atoms with van der Waals surface area (Å²) in [6, 6.07) is 8.78. The smallest absolute Gasteiger partial charge is 0.348 e. The first kappa shape index (κ1) is 15.0. The van der Waals surface area contributed by atoms with Crippen molar-refractivity contribution in [1.82, 2.24) is 5.32 Å². The summed E-state index contributed by atoms with van der Waals surface area (Å²) in [5, 5.41) is 3.02. The highest BCUT2D eigenvalue weighted by molar-refractivity contribution is 9.09. The SMILES string of the molecule is O=C(CCC(F)(F)F)NC(CBr)c1ccccc1. The highest BCUT2D eigenvalue weighted by Gasteiger charge is 2.28. The van der Waals surface area contributed by atoms with Crippen LogP contribution in [0.15, 0.2) is 30.3 Å². The highest BCUT2D eigenvalue weighted by Crippen LogP contribution is 2.22. The third-order valence-electron chi connectivity index (χ3n) is 2.33. The van der Waals surface area contributed by atoms with E-state index >= 15 is 0 Å². The summed E-state index contributed by atoms with van der Waals surface area (Å²) in [4.78, 5) is 11.4. The number of amides is 1. The van der Waals surface area contributed by atoms with Gasteiger partial charge in [-0.3, -0.25) is 4.79 Å². The molecule has 6 heteroatoms. The lowest BCUT2D eigenvalue weighted by Gasteiger charge is -2.17. The van der Waals surface area contributed by atoms with Gasteiger partial charge < -0.3 is 5.32 Å². The molecule has 1 aromatic rings. The Morgan fingerprint density at radius 3 is 2.39 bits per heavy atom. The minimum atomic E-state index is -4.30. The van der Waals surface area contributed by atoms with E-state index in [2.05, 4.69) is 21.2 Å². The molecule has 0 bridgehead atoms. The highest BCUT2D eigenvalue weighted by atomic mass is 79.9. The lowest BCUT2D eigenvalue weighted by atomic mass is 10.1. The normalized spacial score (nSPS) is 13.1. The molecule has 0 spiro atoms. The van der Waals surface area contributed by atoms with Crippen molar-refractivity contribution in [3.05, 3.63) is 35.9 Å². The maximum atomic E-state index is 12.0. The zero-order chi connectivity index (χ0) is 13.6. The first-order valence-electron chi connectivity index (χ1n) is 5.39. The van der Waals surface area contributed by atoms with Crippen molar-refractivity contribution in [3.8, 4) is 0 Å². The molecule has 0 heterocycles. The summed E-state index contributed by atoms with van der Waals surface area (Å²) in [7, 11) is 0. The molecule has 1 rings (SSSR count). The molecule has 2 nitrogen and oxygen atoms in total. The molecule has 0 saturated carbocycles. The number of hydrogen-bond acceptors (Lipinski definition) is 1. The molecule has 1 atom stereocenters. The van der Waals surface area contributed by atoms with E-state index in [4.69, 9.17) is 0 Å². The van der Waals surface area contributed by atoms with E-state index in [9.17, 15) is 18.0 Å². The topological polar surface area (TPSA) is 29.1 Å². The van der Waals surface area contributed by atoms with Gasteiger partial charge in [0, 0.05) is 11.8 Å². The second-order valence-corrected chi connectivity index (χ2v) is 4.45. The van der Waals surface area contributed by atoms with E-state index in [1.54, 1.807) is 0 Å². The van der Waals surface area contributed by atoms with Crippen LogP contribution < -0.4 is 5.32 Å². The van der Waals surface area contributed by atoms with Crippen LogP contribution in [0.2, 0.25) is 0 Å². The molecule has 0 fully saturated rings. The van der Waals surface area contributed by atoms with Crippen LogP contribution in [0.5, 0.6) is 0 Å². The molecular weight excluding hydrogens is 311 g/mol. The quantitative estimate of drug-likeness (QED) is 0.824. The van der Waals surface area contributed by atoms with Gasteiger partial charge in [-0.1, -0.05) is 46.3 Å². The first-order chi connectivity index (χ1) is 8.42. The van der Waals surface area contributed by atoms with E-state index in [0.717, 1.165) is 5.56 Å². The summed E-state index contributed by atoms with van der Waals surface area (Å²) in [5.41, 5.74) is 0.856. The fourth-order valence-electron chi connectivity index (χ4n) is 1.42. The van der Waals surface area contributed by atoms with Crippen LogP contribution in [0.25, 0.3) is 0 Å². The van der Waals surface area contributed by atoms with Gasteiger partial charge >= 0.3 is 6.18 Å². The number of hydrogen-bond donors (Lipinski definition) is 1. The van der Waals surface area contributed by atoms with Gasteiger partial charge in [-0.2, -0.15) is 13.2 Å². The number of halogens is 4. The van der Waals surface area contributed by atoms with Crippen LogP contribution in [0.4, 0.5) is 13.2 Å². The predicted octanol–water partition coefficient (Wildman–Crippen LogP) is 3.58. The zero-order valence-corrected chi connectivity index (χ0v) is 11.1. The first-order valence-corrected chi connectivity index (χ1v) is 6.51. The molecule has 0 aliphatic rings. The number of carbonyl (C=O) groups is 1. The van der Waals surface area contributed by atoms with Crippen molar-refractivity contribution in [2.75, 3.05) is 5.33 Å². The average molecular weight is 324 g/mol. The van der Waals surface area contributed by atoms with Gasteiger partial charge in [0.15, 0.2) is 0 Å². The van der Waals surface area contributed by atoms with Gasteiger partial charge in [0.25, 0.3) is 0 Å². The van der Waals surface area contributed by atoms with Crippen molar-refractivity contribution in [1.29, 1.82) is 0 Å². The molecular formula is C12H13BrF3NO. The standard InChI is InChI=1S/C12H13BrF3NO/c13-8-10(9-4-2-1-3-5-9)17-11(18)6-7-12(14,15)16/h1-5,10H,6-8H2,(H,17,18). The van der Waals surface area contributed by atoms with Crippen LogP contribution >= 0.6 is 15.9 Å². The van der Waals surface area contributed by atoms with Gasteiger partial charge in [-0.25, -0.2) is 0 Å². The Morgan fingerprint density at radius 1 is 1.28 bits per heavy atom. The van der Waals surface area contributed by atoms with Crippen LogP contribution in [-0.4, -0.2) is 17.4 Å². The predicted molar refractivity (Wildman–Crippen MR) is 66.4 cm³/mol. The van der Waals surface area contributed by atoms with Crippen LogP contribution in [0.1, 0.15) is 24.4 Å². The van der Waals surface area contributed by atoms with Crippen LogP contribution in [0, 0.1) is 0 Å². The van der Waals surface area contributed by atoms with Crippen LogP contribution in [0.3, 0.4) is 0 Å². The van der Waals surface area contributed by atoms with Gasteiger partial charge in [-0.15, -0.1) is 0 Å². The van der Waals surface area contributed by atoms with E-state index in [1.165, 1.54) is 0 Å². The number of rotatable bonds is 5. The van der Waals surface area contributed by atoms with Gasteiger partial charge in [0.2, 0.25) is 5.91 Å². The summed E-state index contributed by atoms with van der Waals surface area (Å²) in [5.74, 6) is -0.597. The summed E-state index contributed by atoms with van der Waals surface area (Å²) in [6.07, 6.45) is -5.93. The maximum absolute atomic E-state index is 12.0. The van der Waals surface area contributed by atoms with Crippen molar-refractivity contribution >= 4 is 21.8 Å². The molecule has 18 heavy (non-hydrogen) atoms. The maximum Gasteiger partial charge on any atom is 0.389 e. The van der Waals surface area contributed by atoms with Crippen molar-refractivity contribution in [3.63, 3.8) is 0 Å². The molecule has 1 N–H and O–H groups in total. The second kappa shape index (κ2) is 6.78. The minimum absolute atomic E-state index is 0.313. The van der Waals surface area contributed by atoms with Gasteiger partial charge in [-0.05, 0) is 5.56 Å². The van der Waals surface area contributed by atoms with E-state index in [-0.39, 0.29) is 6.04 Å². The van der Waals surface area contributed by atoms with E-state index in [0.29, 0.717) is 5.33 Å². The Hall–Kier alpha value is -1.04. The molecule has 1 amide bonds. The molecule has 100 valence electrons. The largest absolute Gasteiger partial charge is 0.389 e. The van der Waals surface area contributed by atoms with E-state index in [1.807, 2.05) is 30.3 Å². The molecule has 0 aliphatic carbocycles. The Bertz CT molecular complexity index is 381. The van der Waals surface area contributed by atoms with Crippen molar-refractivity contribution in [2.24, 2.45) is 0 Å². The van der Waals surface area contributed by atoms with Gasteiger partial charge in [0.05, 0.1) is 12.5 Å². The van der Waals surface area contributed by atoms with Crippen molar-refractivity contribution < 1.29 is 18.0 Å². The molecule has 1 aromatic carbocycles. The number of nitrogens with one attached hydrogen (secondary N) is 1. The number of alkyl halides is 4. The summed E-state index contributed by atoms with van der Waals surface area (Å²) < 4.78 is 35.9. The Balaban J connectivity index is 2.51. The Labute approximate surface area is 112 Å². The molecule has 0 saturated heterocycles. The summed E-state index contributed by atoms with van der Waals surface area (Å²) in [6.45, 7) is 0. The lowest BCUT2D eigenvalue weighted by Crippen LogP contribution is -2.30. The lowest BCUT2D eigenvalue weighted by molar-refractivity contribution is -0.144. The number of benzene rings is 1. The Morgan fingerprint density at radius 2 is 1.89 bits per heavy atom. The molecule has 0 aromatic heterocycles. The third kappa shape index (κ3) is 5.53. The van der Waals surface area contributed by atoms with Crippen LogP contribution in [-0.2, 0) is 4.79 Å². The molecule has 0 aliphatic heterocycles. The minimum Gasteiger partial charge on any atom is -0.348 e. The fourth-order valence-corrected chi connectivity index (χ4v) is 1.95. The van der Waals surface area contributed by atoms with Crippen molar-refractivity contribution in [2.45, 2.75) is 25.1 Å². The second-order valence-electron chi connectivity index (χ2n) is 3.80.